The van der Waals surface area contributed by atoms with E-state index in [0.29, 0.717) is 24.3 Å². The minimum absolute atomic E-state index is 0.346. The Kier molecular flexibility index (Phi) is 16.4. The summed E-state index contributed by atoms with van der Waals surface area (Å²) in [5.74, 6) is 0.807. The van der Waals surface area contributed by atoms with Crippen molar-refractivity contribution in [2.45, 2.75) is 168 Å². The third-order valence-electron chi connectivity index (χ3n) is 11.6. The molecule has 282 valence electrons. The van der Waals surface area contributed by atoms with Gasteiger partial charge in [0.25, 0.3) is 0 Å². The van der Waals surface area contributed by atoms with E-state index in [-0.39, 0.29) is 10.8 Å². The fourth-order valence-corrected chi connectivity index (χ4v) is 8.01. The molecule has 52 heavy (non-hydrogen) atoms. The van der Waals surface area contributed by atoms with Crippen LogP contribution in [0.3, 0.4) is 0 Å². The highest BCUT2D eigenvalue weighted by Gasteiger charge is 2.30. The number of hydrogen-bond acceptors (Lipinski definition) is 2. The second-order valence-electron chi connectivity index (χ2n) is 16.5. The van der Waals surface area contributed by atoms with Crippen LogP contribution in [-0.2, 0) is 36.5 Å². The van der Waals surface area contributed by atoms with Gasteiger partial charge >= 0.3 is 0 Å². The smallest absolute Gasteiger partial charge is 0.122 e. The average Bonchev–Trinajstić information content (AvgIpc) is 3.15. The summed E-state index contributed by atoms with van der Waals surface area (Å²) in [6.07, 6.45) is 21.4. The van der Waals surface area contributed by atoms with Crippen LogP contribution in [0.4, 0.5) is 0 Å². The number of unbranched alkanes of at least 4 members (excludes halogenated alkanes) is 12. The molecule has 0 saturated carbocycles. The van der Waals surface area contributed by atoms with E-state index in [0.717, 1.165) is 35.1 Å². The normalized spacial score (nSPS) is 12.0. The Bertz CT molecular complexity index is 1490. The van der Waals surface area contributed by atoms with Crippen molar-refractivity contribution in [2.24, 2.45) is 0 Å². The summed E-state index contributed by atoms with van der Waals surface area (Å²) >= 11 is 0. The van der Waals surface area contributed by atoms with E-state index < -0.39 is 0 Å². The lowest BCUT2D eigenvalue weighted by molar-refractivity contribution is 0.440. The summed E-state index contributed by atoms with van der Waals surface area (Å²) in [6.45, 7) is 13.5. The molecule has 0 unspecified atom stereocenters. The zero-order chi connectivity index (χ0) is 37.4. The second kappa shape index (κ2) is 20.6. The molecule has 0 atom stereocenters. The monoisotopic (exact) mass is 703 g/mol. The van der Waals surface area contributed by atoms with Crippen LogP contribution in [0.1, 0.15) is 176 Å². The largest absolute Gasteiger partial charge is 0.507 e. The van der Waals surface area contributed by atoms with Crippen LogP contribution >= 0.6 is 0 Å². The Balaban J connectivity index is 1.64. The van der Waals surface area contributed by atoms with E-state index in [4.69, 9.17) is 0 Å². The third-order valence-corrected chi connectivity index (χ3v) is 11.6. The molecule has 0 bridgehead atoms. The summed E-state index contributed by atoms with van der Waals surface area (Å²) < 4.78 is 0. The summed E-state index contributed by atoms with van der Waals surface area (Å²) in [5.41, 5.74) is 8.30. The highest BCUT2D eigenvalue weighted by molar-refractivity contribution is 5.54. The van der Waals surface area contributed by atoms with Crippen molar-refractivity contribution in [1.82, 2.24) is 0 Å². The SMILES string of the molecule is CCCCCCCCCc1cc(CCc2cc(CCCCCCCCC)cc(C(C)(C)c3ccccc3)c2O)c(O)c(C(C)(C)c2ccccc2)c1. The molecular weight excluding hydrogens is 633 g/mol. The van der Waals surface area contributed by atoms with Gasteiger partial charge in [0.05, 0.1) is 0 Å². The predicted molar refractivity (Wildman–Crippen MR) is 224 cm³/mol. The number of hydrogen-bond donors (Lipinski definition) is 2. The molecule has 0 aliphatic rings. The zero-order valence-corrected chi connectivity index (χ0v) is 33.7. The average molecular weight is 703 g/mol. The molecule has 4 aromatic carbocycles. The van der Waals surface area contributed by atoms with E-state index in [9.17, 15) is 10.2 Å². The number of phenols is 2. The van der Waals surface area contributed by atoms with Gasteiger partial charge in [0, 0.05) is 22.0 Å². The molecular formula is C50H70O2. The van der Waals surface area contributed by atoms with Gasteiger partial charge in [0.1, 0.15) is 11.5 Å². The molecule has 2 heteroatoms. The molecule has 0 aliphatic heterocycles. The van der Waals surface area contributed by atoms with Gasteiger partial charge in [0.2, 0.25) is 0 Å². The minimum Gasteiger partial charge on any atom is -0.507 e. The van der Waals surface area contributed by atoms with Gasteiger partial charge in [-0.05, 0) is 71.9 Å². The highest BCUT2D eigenvalue weighted by atomic mass is 16.3. The lowest BCUT2D eigenvalue weighted by Crippen LogP contribution is -2.20. The third kappa shape index (κ3) is 11.5. The molecule has 0 aromatic heterocycles. The molecule has 0 heterocycles. The Morgan fingerprint density at radius 2 is 0.731 bits per heavy atom. The van der Waals surface area contributed by atoms with E-state index in [1.54, 1.807) is 0 Å². The molecule has 0 amide bonds. The van der Waals surface area contributed by atoms with Crippen molar-refractivity contribution >= 4 is 0 Å². The van der Waals surface area contributed by atoms with Crippen molar-refractivity contribution in [3.8, 4) is 11.5 Å². The van der Waals surface area contributed by atoms with Crippen LogP contribution in [0.2, 0.25) is 0 Å². The number of benzene rings is 4. The Morgan fingerprint density at radius 3 is 1.08 bits per heavy atom. The Hall–Kier alpha value is -3.52. The quantitative estimate of drug-likeness (QED) is 0.0756. The van der Waals surface area contributed by atoms with Crippen molar-refractivity contribution in [3.05, 3.63) is 129 Å². The fraction of sp³-hybridized carbons (Fsp3) is 0.520. The number of aryl methyl sites for hydroxylation is 4. The first-order valence-corrected chi connectivity index (χ1v) is 20.9. The van der Waals surface area contributed by atoms with Gasteiger partial charge in [-0.2, -0.15) is 0 Å². The van der Waals surface area contributed by atoms with Crippen molar-refractivity contribution in [2.75, 3.05) is 0 Å². The Labute approximate surface area is 318 Å². The highest BCUT2D eigenvalue weighted by Crippen LogP contribution is 2.42. The molecule has 2 N–H and O–H groups in total. The van der Waals surface area contributed by atoms with E-state index in [1.807, 2.05) is 0 Å². The second-order valence-corrected chi connectivity index (χ2v) is 16.5. The lowest BCUT2D eigenvalue weighted by atomic mass is 9.75. The van der Waals surface area contributed by atoms with Crippen molar-refractivity contribution in [3.63, 3.8) is 0 Å². The molecule has 4 rings (SSSR count). The summed E-state index contributed by atoms with van der Waals surface area (Å²) in [6, 6.07) is 30.2. The molecule has 0 spiro atoms. The lowest BCUT2D eigenvalue weighted by Gasteiger charge is -2.29. The first-order valence-electron chi connectivity index (χ1n) is 20.9. The van der Waals surface area contributed by atoms with Crippen LogP contribution in [-0.4, -0.2) is 10.2 Å². The zero-order valence-electron chi connectivity index (χ0n) is 33.7. The summed E-state index contributed by atoms with van der Waals surface area (Å²) in [4.78, 5) is 0. The van der Waals surface area contributed by atoms with Gasteiger partial charge in [-0.15, -0.1) is 0 Å². The number of rotatable bonds is 23. The predicted octanol–water partition coefficient (Wildman–Crippen LogP) is 14.1. The Morgan fingerprint density at radius 1 is 0.404 bits per heavy atom. The van der Waals surface area contributed by atoms with Crippen LogP contribution in [0.5, 0.6) is 11.5 Å². The standard InChI is InChI=1S/C50H70O2/c1-7-9-11-13-15-17-21-27-39-35-41(47(51)45(37-39)49(3,4)43-29-23-19-24-30-43)33-34-42-36-40(28-22-18-16-14-12-10-8-2)38-46(48(42)52)50(5,6)44-31-25-20-26-32-44/h19-20,23-26,29-32,35-38,51-52H,7-18,21-22,27-28,33-34H2,1-6H3. The van der Waals surface area contributed by atoms with E-state index in [2.05, 4.69) is 126 Å². The van der Waals surface area contributed by atoms with Crippen LogP contribution in [0, 0.1) is 0 Å². The van der Waals surface area contributed by atoms with Crippen molar-refractivity contribution in [1.29, 1.82) is 0 Å². The first kappa shape index (κ1) is 41.2. The van der Waals surface area contributed by atoms with Crippen molar-refractivity contribution < 1.29 is 10.2 Å². The maximum Gasteiger partial charge on any atom is 0.122 e. The number of phenolic OH excluding ortho intramolecular Hbond substituents is 2. The van der Waals surface area contributed by atoms with Gasteiger partial charge in [-0.3, -0.25) is 0 Å². The minimum atomic E-state index is -0.346. The van der Waals surface area contributed by atoms with Crippen LogP contribution in [0.15, 0.2) is 84.9 Å². The van der Waals surface area contributed by atoms with E-state index >= 15 is 0 Å². The molecule has 2 nitrogen and oxygen atoms in total. The first-order chi connectivity index (χ1) is 25.1. The van der Waals surface area contributed by atoms with Gasteiger partial charge in [-0.1, -0.05) is 204 Å². The summed E-state index contributed by atoms with van der Waals surface area (Å²) in [7, 11) is 0. The topological polar surface area (TPSA) is 40.5 Å². The maximum absolute atomic E-state index is 12.0. The van der Waals surface area contributed by atoms with Crippen LogP contribution < -0.4 is 0 Å². The van der Waals surface area contributed by atoms with E-state index in [1.165, 1.54) is 112 Å². The molecule has 0 radical (unpaired) electrons. The molecule has 4 aromatic rings. The molecule has 0 aliphatic carbocycles. The number of aromatic hydroxyl groups is 2. The molecule has 0 fully saturated rings. The fourth-order valence-electron chi connectivity index (χ4n) is 8.01. The maximum atomic E-state index is 12.0. The van der Waals surface area contributed by atoms with Gasteiger partial charge < -0.3 is 10.2 Å². The van der Waals surface area contributed by atoms with Gasteiger partial charge in [0.15, 0.2) is 0 Å². The summed E-state index contributed by atoms with van der Waals surface area (Å²) in [5, 5.41) is 24.0. The molecule has 0 saturated heterocycles. The van der Waals surface area contributed by atoms with Crippen LogP contribution in [0.25, 0.3) is 0 Å². The van der Waals surface area contributed by atoms with Gasteiger partial charge in [-0.25, -0.2) is 0 Å².